The molecule has 2 aliphatic heterocycles. The van der Waals surface area contributed by atoms with Crippen molar-refractivity contribution < 1.29 is 73.8 Å². The van der Waals surface area contributed by atoms with Gasteiger partial charge in [0.2, 0.25) is 0 Å². The SMILES string of the molecule is CC/C=C/C/C=C/C/C=C/C/C=C/CCCCC(=O)O[C@H](COC(=O)CCCCCCC/C=C/CCCCCCCC)CO[C@@H]1O[C@H](CO[C@@H]2O[C@H](CO)[C@H](O)C(O)C2O)[C@H](O)C(O)C1O. The van der Waals surface area contributed by atoms with E-state index in [0.717, 1.165) is 77.0 Å². The number of ether oxygens (including phenoxy) is 6. The lowest BCUT2D eigenvalue weighted by Gasteiger charge is -2.42. The van der Waals surface area contributed by atoms with Crippen molar-refractivity contribution in [2.75, 3.05) is 26.4 Å². The fourth-order valence-electron chi connectivity index (χ4n) is 7.38. The van der Waals surface area contributed by atoms with Gasteiger partial charge in [-0.15, -0.1) is 0 Å². The number of hydrogen-bond donors (Lipinski definition) is 7. The van der Waals surface area contributed by atoms with Gasteiger partial charge in [-0.1, -0.05) is 126 Å². The van der Waals surface area contributed by atoms with E-state index in [1.54, 1.807) is 0 Å². The number of rotatable bonds is 37. The van der Waals surface area contributed by atoms with E-state index in [0.29, 0.717) is 12.8 Å². The topological polar surface area (TPSA) is 231 Å². The van der Waals surface area contributed by atoms with Crippen LogP contribution in [-0.2, 0) is 38.0 Å². The standard InChI is InChI=1S/C51H86O15/c1-3-5-7-9-11-13-15-17-19-21-23-25-27-29-31-33-42(53)61-36-39(64-43(54)34-32-30-28-26-24-22-20-18-16-14-12-10-8-6-4-2)37-62-50-49(60)47(58)45(56)41(66-50)38-63-51-48(59)46(57)44(55)40(35-52)65-51/h6,8,12,14,17-20,24,26,39-41,44-52,55-60H,3-5,7,9-11,13,15-16,21-23,25,27-38H2,1-2H3/b8-6+,14-12+,19-17+,20-18+,26-24+/t39-,40-,41-,44+,45+,46?,47?,48?,49?,50-,51-/m1/s1. The van der Waals surface area contributed by atoms with E-state index in [4.69, 9.17) is 28.4 Å². The third-order valence-corrected chi connectivity index (χ3v) is 11.5. The lowest BCUT2D eigenvalue weighted by atomic mass is 9.98. The van der Waals surface area contributed by atoms with Crippen molar-refractivity contribution >= 4 is 11.9 Å². The number of aliphatic hydroxyl groups excluding tert-OH is 7. The molecule has 2 aliphatic rings. The molecule has 0 bridgehead atoms. The molecule has 380 valence electrons. The Morgan fingerprint density at radius 1 is 0.500 bits per heavy atom. The molecule has 66 heavy (non-hydrogen) atoms. The second-order valence-corrected chi connectivity index (χ2v) is 17.3. The normalized spacial score (nSPS) is 26.7. The van der Waals surface area contributed by atoms with Gasteiger partial charge < -0.3 is 64.2 Å². The Balaban J connectivity index is 1.85. The molecule has 15 heteroatoms. The molecule has 2 heterocycles. The van der Waals surface area contributed by atoms with Crippen LogP contribution < -0.4 is 0 Å². The first-order chi connectivity index (χ1) is 32.0. The van der Waals surface area contributed by atoms with Crippen molar-refractivity contribution in [1.82, 2.24) is 0 Å². The van der Waals surface area contributed by atoms with Gasteiger partial charge in [0.1, 0.15) is 55.4 Å². The second kappa shape index (κ2) is 38.1. The molecule has 2 saturated heterocycles. The summed E-state index contributed by atoms with van der Waals surface area (Å²) in [6.07, 6.45) is 25.4. The van der Waals surface area contributed by atoms with E-state index < -0.39 is 99.3 Å². The summed E-state index contributed by atoms with van der Waals surface area (Å²) in [7, 11) is 0. The molecule has 2 fully saturated rings. The lowest BCUT2D eigenvalue weighted by molar-refractivity contribution is -0.332. The monoisotopic (exact) mass is 939 g/mol. The molecule has 11 atom stereocenters. The summed E-state index contributed by atoms with van der Waals surface area (Å²) in [6.45, 7) is 2.40. The van der Waals surface area contributed by atoms with Crippen molar-refractivity contribution in [2.24, 2.45) is 0 Å². The minimum absolute atomic E-state index is 0.109. The number of carbonyl (C=O) groups is 2. The number of carbonyl (C=O) groups excluding carboxylic acids is 2. The summed E-state index contributed by atoms with van der Waals surface area (Å²) >= 11 is 0. The number of allylic oxidation sites excluding steroid dienone is 10. The minimum atomic E-state index is -1.78. The summed E-state index contributed by atoms with van der Waals surface area (Å²) in [5, 5.41) is 72.0. The maximum Gasteiger partial charge on any atom is 0.306 e. The van der Waals surface area contributed by atoms with Gasteiger partial charge in [0.15, 0.2) is 18.7 Å². The second-order valence-electron chi connectivity index (χ2n) is 17.3. The summed E-state index contributed by atoms with van der Waals surface area (Å²) in [5.74, 6) is -0.988. The zero-order valence-electron chi connectivity index (χ0n) is 39.9. The molecule has 0 saturated carbocycles. The predicted molar refractivity (Wildman–Crippen MR) is 252 cm³/mol. The van der Waals surface area contributed by atoms with Crippen molar-refractivity contribution in [3.63, 3.8) is 0 Å². The number of unbranched alkanes of at least 4 members (excludes halogenated alkanes) is 13. The van der Waals surface area contributed by atoms with Gasteiger partial charge >= 0.3 is 11.9 Å². The maximum absolute atomic E-state index is 13.0. The Morgan fingerprint density at radius 2 is 0.955 bits per heavy atom. The van der Waals surface area contributed by atoms with Gasteiger partial charge in [0, 0.05) is 12.8 Å². The molecule has 0 aromatic rings. The minimum Gasteiger partial charge on any atom is -0.462 e. The van der Waals surface area contributed by atoms with Gasteiger partial charge in [0.05, 0.1) is 19.8 Å². The Hall–Kier alpha value is -2.80. The van der Waals surface area contributed by atoms with Crippen LogP contribution in [0.5, 0.6) is 0 Å². The largest absolute Gasteiger partial charge is 0.462 e. The molecule has 4 unspecified atom stereocenters. The van der Waals surface area contributed by atoms with Crippen LogP contribution >= 0.6 is 0 Å². The van der Waals surface area contributed by atoms with Gasteiger partial charge in [0.25, 0.3) is 0 Å². The third kappa shape index (κ3) is 26.1. The van der Waals surface area contributed by atoms with E-state index in [9.17, 15) is 45.3 Å². The van der Waals surface area contributed by atoms with E-state index in [2.05, 4.69) is 74.6 Å². The summed E-state index contributed by atoms with van der Waals surface area (Å²) < 4.78 is 33.5. The first-order valence-electron chi connectivity index (χ1n) is 24.9. The zero-order valence-corrected chi connectivity index (χ0v) is 39.9. The van der Waals surface area contributed by atoms with Crippen LogP contribution in [0.3, 0.4) is 0 Å². The Labute approximate surface area is 394 Å². The molecule has 0 amide bonds. The van der Waals surface area contributed by atoms with Gasteiger partial charge in [-0.25, -0.2) is 0 Å². The van der Waals surface area contributed by atoms with Gasteiger partial charge in [-0.05, 0) is 77.0 Å². The van der Waals surface area contributed by atoms with Crippen LogP contribution in [0.4, 0.5) is 0 Å². The predicted octanol–water partition coefficient (Wildman–Crippen LogP) is 6.49. The van der Waals surface area contributed by atoms with Crippen molar-refractivity contribution in [3.8, 4) is 0 Å². The molecule has 15 nitrogen and oxygen atoms in total. The highest BCUT2D eigenvalue weighted by molar-refractivity contribution is 5.70. The average molecular weight is 939 g/mol. The van der Waals surface area contributed by atoms with Crippen molar-refractivity contribution in [3.05, 3.63) is 60.8 Å². The molecular formula is C51H86O15. The molecular weight excluding hydrogens is 853 g/mol. The number of aliphatic hydroxyl groups is 7. The maximum atomic E-state index is 13.0. The van der Waals surface area contributed by atoms with E-state index in [1.165, 1.54) is 38.5 Å². The van der Waals surface area contributed by atoms with E-state index in [-0.39, 0.29) is 19.4 Å². The van der Waals surface area contributed by atoms with Crippen LogP contribution in [0.25, 0.3) is 0 Å². The molecule has 0 spiro atoms. The highest BCUT2D eigenvalue weighted by Gasteiger charge is 2.47. The summed E-state index contributed by atoms with van der Waals surface area (Å²) in [6, 6.07) is 0. The summed E-state index contributed by atoms with van der Waals surface area (Å²) in [5.41, 5.74) is 0. The Morgan fingerprint density at radius 3 is 1.55 bits per heavy atom. The molecule has 0 aromatic heterocycles. The molecule has 7 N–H and O–H groups in total. The van der Waals surface area contributed by atoms with Gasteiger partial charge in [-0.2, -0.15) is 0 Å². The van der Waals surface area contributed by atoms with E-state index in [1.807, 2.05) is 0 Å². The van der Waals surface area contributed by atoms with Crippen molar-refractivity contribution in [1.29, 1.82) is 0 Å². The smallest absolute Gasteiger partial charge is 0.306 e. The Bertz CT molecular complexity index is 1380. The van der Waals surface area contributed by atoms with Crippen LogP contribution in [0.2, 0.25) is 0 Å². The van der Waals surface area contributed by atoms with Crippen LogP contribution in [0.15, 0.2) is 60.8 Å². The third-order valence-electron chi connectivity index (χ3n) is 11.5. The van der Waals surface area contributed by atoms with Crippen LogP contribution in [0.1, 0.15) is 155 Å². The first kappa shape index (κ1) is 59.3. The average Bonchev–Trinajstić information content (AvgIpc) is 3.31. The Kier molecular flexibility index (Phi) is 34.2. The molecule has 2 rings (SSSR count). The number of esters is 2. The fraction of sp³-hybridized carbons (Fsp3) is 0.765. The molecule has 0 aliphatic carbocycles. The molecule has 0 radical (unpaired) electrons. The lowest BCUT2D eigenvalue weighted by Crippen LogP contribution is -2.61. The number of hydrogen-bond acceptors (Lipinski definition) is 15. The quantitative estimate of drug-likeness (QED) is 0.0201. The van der Waals surface area contributed by atoms with Crippen LogP contribution in [0, 0.1) is 0 Å². The molecule has 0 aromatic carbocycles. The van der Waals surface area contributed by atoms with Crippen molar-refractivity contribution in [2.45, 2.75) is 223 Å². The highest BCUT2D eigenvalue weighted by atomic mass is 16.7. The van der Waals surface area contributed by atoms with Crippen LogP contribution in [-0.4, -0.2) is 142 Å². The highest BCUT2D eigenvalue weighted by Crippen LogP contribution is 2.26. The first-order valence-corrected chi connectivity index (χ1v) is 24.9. The summed E-state index contributed by atoms with van der Waals surface area (Å²) in [4.78, 5) is 25.7. The van der Waals surface area contributed by atoms with E-state index >= 15 is 0 Å². The zero-order chi connectivity index (χ0) is 48.2. The fourth-order valence-corrected chi connectivity index (χ4v) is 7.38. The van der Waals surface area contributed by atoms with Gasteiger partial charge in [-0.3, -0.25) is 9.59 Å².